The highest BCUT2D eigenvalue weighted by Gasteiger charge is 2.67. The summed E-state index contributed by atoms with van der Waals surface area (Å²) in [6.45, 7) is 6.46. The lowest BCUT2D eigenvalue weighted by Gasteiger charge is -2.36. The number of rotatable bonds is 1. The topological polar surface area (TPSA) is 57.5 Å². The minimum Gasteiger partial charge on any atom is -0.478 e. The average Bonchev–Trinajstić information content (AvgIpc) is 2.79. The Hall–Kier alpha value is -0.830. The van der Waals surface area contributed by atoms with Gasteiger partial charge in [-0.1, -0.05) is 26.8 Å². The second-order valence-electron chi connectivity index (χ2n) is 7.21. The molecule has 0 unspecified atom stereocenters. The molecule has 100 valence electrons. The van der Waals surface area contributed by atoms with Crippen LogP contribution in [-0.2, 0) is 4.79 Å². The molecular formula is C15H22O3. The summed E-state index contributed by atoms with van der Waals surface area (Å²) in [5.41, 5.74) is 0.484. The van der Waals surface area contributed by atoms with Crippen molar-refractivity contribution in [1.82, 2.24) is 0 Å². The van der Waals surface area contributed by atoms with Crippen LogP contribution in [0.15, 0.2) is 11.6 Å². The third-order valence-corrected chi connectivity index (χ3v) is 5.96. The number of carboxylic acids is 1. The second kappa shape index (κ2) is 3.38. The van der Waals surface area contributed by atoms with Crippen LogP contribution in [0.5, 0.6) is 0 Å². The van der Waals surface area contributed by atoms with Crippen molar-refractivity contribution in [2.45, 2.75) is 46.1 Å². The Kier molecular flexibility index (Phi) is 2.30. The van der Waals surface area contributed by atoms with Crippen LogP contribution in [0.2, 0.25) is 0 Å². The molecule has 0 aliphatic heterocycles. The quantitative estimate of drug-likeness (QED) is 0.751. The lowest BCUT2D eigenvalue weighted by Crippen LogP contribution is -2.33. The zero-order chi connectivity index (χ0) is 13.3. The van der Waals surface area contributed by atoms with Gasteiger partial charge in [-0.25, -0.2) is 4.79 Å². The first-order valence-electron chi connectivity index (χ1n) is 6.94. The fraction of sp³-hybridized carbons (Fsp3) is 0.800. The summed E-state index contributed by atoms with van der Waals surface area (Å²) in [7, 11) is 0. The van der Waals surface area contributed by atoms with Crippen LogP contribution >= 0.6 is 0 Å². The number of aliphatic hydroxyl groups excluding tert-OH is 1. The SMILES string of the molecule is C[C@H]1CC[C@H]2C(C(=O)O)=C[C@H]3[C@@H](O)C(C)(C)C[C@@]123. The van der Waals surface area contributed by atoms with E-state index in [9.17, 15) is 15.0 Å². The molecule has 3 heteroatoms. The standard InChI is InChI=1S/C15H22O3/c1-8-4-5-10-9(13(17)18)6-11-12(16)14(2,3)7-15(8,10)11/h6,8,10-12,16H,4-5,7H2,1-3H3,(H,17,18)/t8-,10-,11-,12+,15+/m0/s1. The molecule has 1 spiro atoms. The summed E-state index contributed by atoms with van der Waals surface area (Å²) in [5, 5.41) is 19.9. The molecule has 0 amide bonds. The molecule has 0 aromatic carbocycles. The first-order valence-corrected chi connectivity index (χ1v) is 6.94. The Morgan fingerprint density at radius 2 is 2.06 bits per heavy atom. The van der Waals surface area contributed by atoms with Crippen LogP contribution in [0.25, 0.3) is 0 Å². The van der Waals surface area contributed by atoms with E-state index >= 15 is 0 Å². The van der Waals surface area contributed by atoms with Crippen molar-refractivity contribution < 1.29 is 15.0 Å². The molecule has 2 saturated carbocycles. The van der Waals surface area contributed by atoms with Crippen LogP contribution in [-0.4, -0.2) is 22.3 Å². The Bertz CT molecular complexity index is 437. The second-order valence-corrected chi connectivity index (χ2v) is 7.21. The molecule has 0 saturated heterocycles. The highest BCUT2D eigenvalue weighted by atomic mass is 16.4. The van der Waals surface area contributed by atoms with Gasteiger partial charge < -0.3 is 10.2 Å². The zero-order valence-corrected chi connectivity index (χ0v) is 11.3. The Morgan fingerprint density at radius 3 is 2.67 bits per heavy atom. The van der Waals surface area contributed by atoms with E-state index in [0.717, 1.165) is 19.3 Å². The van der Waals surface area contributed by atoms with E-state index in [2.05, 4.69) is 20.8 Å². The van der Waals surface area contributed by atoms with Gasteiger partial charge in [0.25, 0.3) is 0 Å². The minimum atomic E-state index is -0.784. The summed E-state index contributed by atoms with van der Waals surface area (Å²) in [4.78, 5) is 11.4. The van der Waals surface area contributed by atoms with Crippen molar-refractivity contribution in [3.8, 4) is 0 Å². The number of carboxylic acid groups (broad SMARTS) is 1. The maximum atomic E-state index is 11.4. The van der Waals surface area contributed by atoms with E-state index in [-0.39, 0.29) is 22.7 Å². The number of carbonyl (C=O) groups is 1. The molecule has 3 aliphatic carbocycles. The van der Waals surface area contributed by atoms with Gasteiger partial charge in [0.15, 0.2) is 0 Å². The van der Waals surface area contributed by atoms with Crippen LogP contribution < -0.4 is 0 Å². The van der Waals surface area contributed by atoms with Crippen molar-refractivity contribution in [2.24, 2.45) is 28.6 Å². The van der Waals surface area contributed by atoms with E-state index in [1.807, 2.05) is 6.08 Å². The van der Waals surface area contributed by atoms with Crippen molar-refractivity contribution in [2.75, 3.05) is 0 Å². The maximum Gasteiger partial charge on any atom is 0.331 e. The molecule has 2 fully saturated rings. The maximum absolute atomic E-state index is 11.4. The van der Waals surface area contributed by atoms with Gasteiger partial charge in [0.1, 0.15) is 0 Å². The van der Waals surface area contributed by atoms with Gasteiger partial charge in [-0.05, 0) is 41.9 Å². The van der Waals surface area contributed by atoms with Gasteiger partial charge in [0.2, 0.25) is 0 Å². The fourth-order valence-electron chi connectivity index (χ4n) is 5.17. The van der Waals surface area contributed by atoms with Crippen molar-refractivity contribution in [1.29, 1.82) is 0 Å². The van der Waals surface area contributed by atoms with Crippen molar-refractivity contribution in [3.63, 3.8) is 0 Å². The van der Waals surface area contributed by atoms with E-state index < -0.39 is 12.1 Å². The Morgan fingerprint density at radius 1 is 1.39 bits per heavy atom. The van der Waals surface area contributed by atoms with E-state index in [0.29, 0.717) is 11.5 Å². The molecule has 3 rings (SSSR count). The largest absolute Gasteiger partial charge is 0.478 e. The first kappa shape index (κ1) is 12.2. The third-order valence-electron chi connectivity index (χ3n) is 5.96. The first-order chi connectivity index (χ1) is 8.30. The van der Waals surface area contributed by atoms with Crippen molar-refractivity contribution in [3.05, 3.63) is 11.6 Å². The number of aliphatic hydroxyl groups is 1. The van der Waals surface area contributed by atoms with E-state index in [1.54, 1.807) is 0 Å². The number of hydrogen-bond acceptors (Lipinski definition) is 2. The Labute approximate surface area is 108 Å². The molecule has 5 atom stereocenters. The molecule has 0 heterocycles. The highest BCUT2D eigenvalue weighted by molar-refractivity contribution is 5.88. The molecule has 2 N–H and O–H groups in total. The monoisotopic (exact) mass is 250 g/mol. The van der Waals surface area contributed by atoms with Gasteiger partial charge in [-0.3, -0.25) is 0 Å². The average molecular weight is 250 g/mol. The molecular weight excluding hydrogens is 228 g/mol. The molecule has 0 aromatic heterocycles. The number of hydrogen-bond donors (Lipinski definition) is 2. The predicted octanol–water partition coefficient (Wildman–Crippen LogP) is 2.45. The minimum absolute atomic E-state index is 0.0106. The van der Waals surface area contributed by atoms with Gasteiger partial charge >= 0.3 is 5.97 Å². The fourth-order valence-corrected chi connectivity index (χ4v) is 5.17. The summed E-state index contributed by atoms with van der Waals surface area (Å²) >= 11 is 0. The molecule has 3 aliphatic rings. The summed E-state index contributed by atoms with van der Waals surface area (Å²) in [5.74, 6) is -0.0718. The summed E-state index contributed by atoms with van der Waals surface area (Å²) < 4.78 is 0. The molecule has 3 nitrogen and oxygen atoms in total. The van der Waals surface area contributed by atoms with Crippen LogP contribution in [0.3, 0.4) is 0 Å². The van der Waals surface area contributed by atoms with Gasteiger partial charge in [0, 0.05) is 11.5 Å². The van der Waals surface area contributed by atoms with Crippen molar-refractivity contribution >= 4 is 5.97 Å². The lowest BCUT2D eigenvalue weighted by molar-refractivity contribution is -0.133. The van der Waals surface area contributed by atoms with Gasteiger partial charge in [0.05, 0.1) is 6.10 Å². The highest BCUT2D eigenvalue weighted by Crippen LogP contribution is 2.70. The lowest BCUT2D eigenvalue weighted by atomic mass is 9.67. The van der Waals surface area contributed by atoms with Crippen LogP contribution in [0.4, 0.5) is 0 Å². The third kappa shape index (κ3) is 1.21. The smallest absolute Gasteiger partial charge is 0.331 e. The van der Waals surface area contributed by atoms with E-state index in [1.165, 1.54) is 0 Å². The van der Waals surface area contributed by atoms with E-state index in [4.69, 9.17) is 0 Å². The normalized spacial score (nSPS) is 48.8. The number of aliphatic carboxylic acids is 1. The molecule has 0 radical (unpaired) electrons. The molecule has 0 bridgehead atoms. The predicted molar refractivity (Wildman–Crippen MR) is 67.9 cm³/mol. The van der Waals surface area contributed by atoms with Gasteiger partial charge in [-0.2, -0.15) is 0 Å². The van der Waals surface area contributed by atoms with Crippen LogP contribution in [0.1, 0.15) is 40.0 Å². The summed E-state index contributed by atoms with van der Waals surface area (Å²) in [6.07, 6.45) is 4.48. The Balaban J connectivity index is 2.11. The van der Waals surface area contributed by atoms with Gasteiger partial charge in [-0.15, -0.1) is 0 Å². The summed E-state index contributed by atoms with van der Waals surface area (Å²) in [6, 6.07) is 0. The van der Waals surface area contributed by atoms with Crippen LogP contribution in [0, 0.1) is 28.6 Å². The molecule has 0 aromatic rings. The zero-order valence-electron chi connectivity index (χ0n) is 11.3. The molecule has 18 heavy (non-hydrogen) atoms.